The van der Waals surface area contributed by atoms with E-state index >= 15 is 0 Å². The highest BCUT2D eigenvalue weighted by Crippen LogP contribution is 2.46. The summed E-state index contributed by atoms with van der Waals surface area (Å²) in [5.74, 6) is -1.10. The number of methoxy groups -OCH3 is 1. The Morgan fingerprint density at radius 2 is 1.70 bits per heavy atom. The van der Waals surface area contributed by atoms with Crippen LogP contribution in [0, 0.1) is 20.8 Å². The molecule has 0 aliphatic carbocycles. The molecule has 3 aromatic carbocycles. The number of para-hydroxylation sites is 1. The molecule has 0 saturated carbocycles. The Hall–Kier alpha value is -4.23. The van der Waals surface area contributed by atoms with Crippen LogP contribution < -0.4 is 9.64 Å². The summed E-state index contributed by atoms with van der Waals surface area (Å²) in [6.07, 6.45) is 0. The third kappa shape index (κ3) is 4.21. The molecule has 0 fully saturated rings. The van der Waals surface area contributed by atoms with Gasteiger partial charge in [-0.25, -0.2) is 4.98 Å². The minimum absolute atomic E-state index is 0.0147. The number of aromatic nitrogens is 1. The van der Waals surface area contributed by atoms with E-state index in [1.807, 2.05) is 80.6 Å². The lowest BCUT2D eigenvalue weighted by molar-refractivity contribution is -0.117. The summed E-state index contributed by atoms with van der Waals surface area (Å²) in [6, 6.07) is 21.7. The molecule has 1 amide bonds. The van der Waals surface area contributed by atoms with Gasteiger partial charge in [0.15, 0.2) is 5.76 Å². The fourth-order valence-corrected chi connectivity index (χ4v) is 5.81. The van der Waals surface area contributed by atoms with E-state index in [0.717, 1.165) is 16.7 Å². The number of ketones is 1. The molecule has 0 saturated heterocycles. The van der Waals surface area contributed by atoms with Crippen molar-refractivity contribution in [2.45, 2.75) is 26.8 Å². The number of hydrogen-bond acceptors (Lipinski definition) is 6. The number of aliphatic hydroxyl groups excluding tert-OH is 1. The number of amides is 1. The van der Waals surface area contributed by atoms with Gasteiger partial charge in [-0.1, -0.05) is 66.2 Å². The number of aliphatic hydroxyl groups is 1. The summed E-state index contributed by atoms with van der Waals surface area (Å²) in [4.78, 5) is 34.2. The summed E-state index contributed by atoms with van der Waals surface area (Å²) >= 11 is 1.25. The summed E-state index contributed by atoms with van der Waals surface area (Å²) < 4.78 is 5.62. The molecule has 1 aliphatic heterocycles. The number of nitrogens with zero attached hydrogens (tertiary/aromatic N) is 2. The average molecular weight is 511 g/mol. The van der Waals surface area contributed by atoms with Gasteiger partial charge in [-0.15, -0.1) is 11.3 Å². The average Bonchev–Trinajstić information content (AvgIpc) is 3.41. The van der Waals surface area contributed by atoms with Crippen molar-refractivity contribution in [1.82, 2.24) is 4.98 Å². The minimum Gasteiger partial charge on any atom is -0.503 e. The lowest BCUT2D eigenvalue weighted by Gasteiger charge is -2.29. The van der Waals surface area contributed by atoms with Crippen molar-refractivity contribution in [2.75, 3.05) is 12.0 Å². The fourth-order valence-electron chi connectivity index (χ4n) is 4.78. The maximum atomic E-state index is 14.1. The molecule has 0 bridgehead atoms. The quantitative estimate of drug-likeness (QED) is 0.299. The van der Waals surface area contributed by atoms with Gasteiger partial charge < -0.3 is 9.84 Å². The Bertz CT molecular complexity index is 1560. The Morgan fingerprint density at radius 1 is 1.00 bits per heavy atom. The first-order valence-electron chi connectivity index (χ1n) is 11.9. The van der Waals surface area contributed by atoms with Gasteiger partial charge in [-0.3, -0.25) is 14.5 Å². The second-order valence-electron chi connectivity index (χ2n) is 9.00. The lowest BCUT2D eigenvalue weighted by atomic mass is 9.93. The van der Waals surface area contributed by atoms with Gasteiger partial charge in [0.05, 0.1) is 29.3 Å². The Morgan fingerprint density at radius 3 is 2.41 bits per heavy atom. The molecule has 186 valence electrons. The van der Waals surface area contributed by atoms with Gasteiger partial charge in [-0.2, -0.15) is 0 Å². The highest BCUT2D eigenvalue weighted by Gasteiger charge is 2.46. The molecule has 5 rings (SSSR count). The van der Waals surface area contributed by atoms with Crippen molar-refractivity contribution in [3.8, 4) is 16.3 Å². The SMILES string of the molecule is COc1ccccc1C1C(C(=O)c2sc(-c3ccccc3)nc2C)=C(O)C(=O)N1c1ccc(C)cc1C. The molecule has 1 N–H and O–H groups in total. The fraction of sp³-hybridized carbons (Fsp3) is 0.167. The molecule has 1 unspecified atom stereocenters. The third-order valence-corrected chi connectivity index (χ3v) is 7.73. The molecule has 1 aliphatic rings. The standard InChI is InChI=1S/C30H26N2O4S/c1-17-14-15-22(18(2)16-17)32-25(21-12-8-9-13-23(21)36-4)24(27(34)30(32)35)26(33)28-19(3)31-29(37-28)20-10-6-5-7-11-20/h5-16,25,34H,1-4H3. The van der Waals surface area contributed by atoms with Gasteiger partial charge in [0.2, 0.25) is 5.78 Å². The van der Waals surface area contributed by atoms with Crippen LogP contribution in [0.4, 0.5) is 5.69 Å². The Balaban J connectivity index is 1.68. The van der Waals surface area contributed by atoms with E-state index in [0.29, 0.717) is 32.6 Å². The van der Waals surface area contributed by atoms with Gasteiger partial charge in [-0.05, 0) is 38.5 Å². The van der Waals surface area contributed by atoms with Crippen molar-refractivity contribution in [3.05, 3.63) is 111 Å². The molecule has 0 spiro atoms. The van der Waals surface area contributed by atoms with Crippen molar-refractivity contribution in [1.29, 1.82) is 0 Å². The maximum Gasteiger partial charge on any atom is 0.294 e. The predicted octanol–water partition coefficient (Wildman–Crippen LogP) is 6.53. The molecule has 6 nitrogen and oxygen atoms in total. The molecule has 0 radical (unpaired) electrons. The van der Waals surface area contributed by atoms with Crippen LogP contribution in [0.2, 0.25) is 0 Å². The summed E-state index contributed by atoms with van der Waals surface area (Å²) in [5, 5.41) is 11.9. The first-order chi connectivity index (χ1) is 17.8. The smallest absolute Gasteiger partial charge is 0.294 e. The number of carbonyl (C=O) groups is 2. The van der Waals surface area contributed by atoms with Crippen molar-refractivity contribution in [2.24, 2.45) is 0 Å². The molecule has 4 aromatic rings. The normalized spacial score (nSPS) is 15.4. The number of ether oxygens (including phenoxy) is 1. The molecular formula is C30H26N2O4S. The number of Topliss-reactive ketones (excluding diaryl/α,β-unsaturated/α-hetero) is 1. The van der Waals surface area contributed by atoms with Crippen LogP contribution in [0.15, 0.2) is 84.1 Å². The summed E-state index contributed by atoms with van der Waals surface area (Å²) in [5.41, 5.74) is 4.58. The van der Waals surface area contributed by atoms with Gasteiger partial charge in [0.1, 0.15) is 10.8 Å². The van der Waals surface area contributed by atoms with Crippen LogP contribution in [0.5, 0.6) is 5.75 Å². The van der Waals surface area contributed by atoms with Crippen LogP contribution in [0.1, 0.15) is 38.1 Å². The van der Waals surface area contributed by atoms with E-state index < -0.39 is 23.5 Å². The number of thiazole rings is 1. The summed E-state index contributed by atoms with van der Waals surface area (Å²) in [7, 11) is 1.54. The third-order valence-electron chi connectivity index (χ3n) is 6.52. The molecular weight excluding hydrogens is 484 g/mol. The zero-order valence-corrected chi connectivity index (χ0v) is 21.8. The monoisotopic (exact) mass is 510 g/mol. The van der Waals surface area contributed by atoms with Crippen LogP contribution in [-0.2, 0) is 4.79 Å². The van der Waals surface area contributed by atoms with E-state index in [9.17, 15) is 14.7 Å². The van der Waals surface area contributed by atoms with Crippen LogP contribution in [0.25, 0.3) is 10.6 Å². The van der Waals surface area contributed by atoms with Crippen molar-refractivity contribution >= 4 is 28.7 Å². The zero-order chi connectivity index (χ0) is 26.3. The number of benzene rings is 3. The molecule has 37 heavy (non-hydrogen) atoms. The van der Waals surface area contributed by atoms with Crippen molar-refractivity contribution < 1.29 is 19.4 Å². The van der Waals surface area contributed by atoms with E-state index in [2.05, 4.69) is 4.98 Å². The highest BCUT2D eigenvalue weighted by atomic mass is 32.1. The largest absolute Gasteiger partial charge is 0.503 e. The number of carbonyl (C=O) groups excluding carboxylic acids is 2. The predicted molar refractivity (Wildman–Crippen MR) is 145 cm³/mol. The zero-order valence-electron chi connectivity index (χ0n) is 21.0. The minimum atomic E-state index is -0.876. The summed E-state index contributed by atoms with van der Waals surface area (Å²) in [6.45, 7) is 5.65. The second-order valence-corrected chi connectivity index (χ2v) is 10.00. The van der Waals surface area contributed by atoms with E-state index in [4.69, 9.17) is 4.74 Å². The number of rotatable bonds is 6. The van der Waals surface area contributed by atoms with E-state index in [1.54, 1.807) is 20.1 Å². The van der Waals surface area contributed by atoms with Crippen molar-refractivity contribution in [3.63, 3.8) is 0 Å². The number of hydrogen-bond donors (Lipinski definition) is 1. The topological polar surface area (TPSA) is 79.7 Å². The van der Waals surface area contributed by atoms with Gasteiger partial charge in [0.25, 0.3) is 5.91 Å². The van der Waals surface area contributed by atoms with Crippen LogP contribution in [0.3, 0.4) is 0 Å². The first-order valence-corrected chi connectivity index (χ1v) is 12.7. The second kappa shape index (κ2) is 9.67. The van der Waals surface area contributed by atoms with E-state index in [1.165, 1.54) is 16.2 Å². The molecule has 7 heteroatoms. The lowest BCUT2D eigenvalue weighted by Crippen LogP contribution is -2.32. The first kappa shape index (κ1) is 24.5. The maximum absolute atomic E-state index is 14.1. The van der Waals surface area contributed by atoms with E-state index in [-0.39, 0.29) is 5.57 Å². The highest BCUT2D eigenvalue weighted by molar-refractivity contribution is 7.17. The molecule has 1 atom stereocenters. The number of anilines is 1. The van der Waals surface area contributed by atoms with Crippen LogP contribution >= 0.6 is 11.3 Å². The Labute approximate surface area is 219 Å². The van der Waals surface area contributed by atoms with Gasteiger partial charge in [0, 0.05) is 16.8 Å². The number of aryl methyl sites for hydroxylation is 3. The van der Waals surface area contributed by atoms with Gasteiger partial charge >= 0.3 is 0 Å². The Kier molecular flexibility index (Phi) is 6.39. The van der Waals surface area contributed by atoms with Crippen LogP contribution in [-0.4, -0.2) is 28.9 Å². The molecule has 2 heterocycles. The molecule has 1 aromatic heterocycles.